The predicted molar refractivity (Wildman–Crippen MR) is 125 cm³/mol. The van der Waals surface area contributed by atoms with Crippen LogP contribution < -0.4 is 0 Å². The molecule has 3 aromatic rings. The number of benzene rings is 1. The molecule has 1 atom stereocenters. The number of aromatic nitrogens is 2. The maximum Gasteiger partial charge on any atom is 0.233 e. The van der Waals surface area contributed by atoms with Crippen molar-refractivity contribution in [2.45, 2.75) is 43.3 Å². The monoisotopic (exact) mass is 473 g/mol. The van der Waals surface area contributed by atoms with Gasteiger partial charge in [-0.05, 0) is 37.8 Å². The van der Waals surface area contributed by atoms with E-state index in [9.17, 15) is 13.2 Å². The van der Waals surface area contributed by atoms with Crippen LogP contribution in [0, 0.1) is 6.92 Å². The number of hydrogen-bond donors (Lipinski definition) is 0. The van der Waals surface area contributed by atoms with Crippen molar-refractivity contribution in [3.05, 3.63) is 42.2 Å². The number of thiophene rings is 1. The van der Waals surface area contributed by atoms with E-state index in [4.69, 9.17) is 0 Å². The first-order chi connectivity index (χ1) is 14.9. The van der Waals surface area contributed by atoms with Crippen LogP contribution in [0.2, 0.25) is 0 Å². The van der Waals surface area contributed by atoms with Crippen molar-refractivity contribution in [2.75, 3.05) is 17.3 Å². The maximum atomic E-state index is 13.1. The molecule has 5 rings (SSSR count). The fraction of sp³-hybridized carbons (Fsp3) is 0.409. The van der Waals surface area contributed by atoms with E-state index >= 15 is 0 Å². The minimum atomic E-state index is -3.02. The van der Waals surface area contributed by atoms with Crippen molar-refractivity contribution >= 4 is 49.1 Å². The zero-order valence-electron chi connectivity index (χ0n) is 17.2. The van der Waals surface area contributed by atoms with Crippen LogP contribution in [-0.4, -0.2) is 58.5 Å². The molecular formula is C22H23N3O3S3. The third-order valence-electron chi connectivity index (χ3n) is 5.69. The van der Waals surface area contributed by atoms with E-state index in [0.29, 0.717) is 12.2 Å². The summed E-state index contributed by atoms with van der Waals surface area (Å²) in [5.41, 5.74) is 1.14. The molecule has 31 heavy (non-hydrogen) atoms. The molecule has 1 saturated carbocycles. The van der Waals surface area contributed by atoms with Crippen molar-refractivity contribution < 1.29 is 13.2 Å². The van der Waals surface area contributed by atoms with E-state index in [-0.39, 0.29) is 35.2 Å². The summed E-state index contributed by atoms with van der Waals surface area (Å²) < 4.78 is 23.9. The van der Waals surface area contributed by atoms with Gasteiger partial charge < -0.3 is 4.90 Å². The number of carbonyl (C=O) groups is 1. The summed E-state index contributed by atoms with van der Waals surface area (Å²) in [7, 11) is -3.02. The molecule has 1 amide bonds. The van der Waals surface area contributed by atoms with E-state index in [1.165, 1.54) is 11.8 Å². The lowest BCUT2D eigenvalue weighted by atomic mass is 10.2. The summed E-state index contributed by atoms with van der Waals surface area (Å²) in [6, 6.07) is 12.3. The Kier molecular flexibility index (Phi) is 5.52. The molecule has 162 valence electrons. The third-order valence-corrected chi connectivity index (χ3v) is 9.49. The zero-order chi connectivity index (χ0) is 21.6. The number of sulfone groups is 1. The van der Waals surface area contributed by atoms with Crippen LogP contribution in [0.3, 0.4) is 0 Å². The molecule has 2 fully saturated rings. The average molecular weight is 474 g/mol. The van der Waals surface area contributed by atoms with Crippen molar-refractivity contribution in [3.8, 4) is 10.4 Å². The first kappa shape index (κ1) is 20.9. The molecule has 0 radical (unpaired) electrons. The maximum absolute atomic E-state index is 13.1. The molecule has 0 unspecified atom stereocenters. The predicted octanol–water partition coefficient (Wildman–Crippen LogP) is 3.94. The number of rotatable bonds is 6. The Labute approximate surface area is 190 Å². The van der Waals surface area contributed by atoms with Crippen LogP contribution in [-0.2, 0) is 14.6 Å². The van der Waals surface area contributed by atoms with E-state index in [2.05, 4.69) is 28.2 Å². The molecule has 0 spiro atoms. The molecule has 9 heteroatoms. The van der Waals surface area contributed by atoms with Crippen molar-refractivity contribution in [3.63, 3.8) is 0 Å². The third kappa shape index (κ3) is 4.49. The number of amides is 1. The average Bonchev–Trinajstić information content (AvgIpc) is 3.37. The van der Waals surface area contributed by atoms with Gasteiger partial charge in [-0.1, -0.05) is 42.1 Å². The summed E-state index contributed by atoms with van der Waals surface area (Å²) in [6.45, 7) is 1.87. The van der Waals surface area contributed by atoms with Gasteiger partial charge in [-0.15, -0.1) is 11.3 Å². The summed E-state index contributed by atoms with van der Waals surface area (Å²) in [4.78, 5) is 26.2. The Balaban J connectivity index is 1.37. The molecule has 0 N–H and O–H groups in total. The quantitative estimate of drug-likeness (QED) is 0.399. The lowest BCUT2D eigenvalue weighted by Gasteiger charge is -2.28. The standard InChI is InChI=1S/C22H23N3O3S3/c1-14-23-21(18-11-19(30-22(18)24-14)15-5-3-2-4-6-15)29-12-20(26)25(16-7-8-16)17-9-10-31(27,28)13-17/h2-6,11,16-17H,7-10,12-13H2,1H3/t17-/m0/s1. The van der Waals surface area contributed by atoms with Gasteiger partial charge in [0, 0.05) is 22.3 Å². The Morgan fingerprint density at radius 2 is 1.94 bits per heavy atom. The van der Waals surface area contributed by atoms with Gasteiger partial charge in [0.15, 0.2) is 9.84 Å². The Bertz CT molecular complexity index is 1240. The number of hydrogen-bond acceptors (Lipinski definition) is 7. The number of carbonyl (C=O) groups excluding carboxylic acids is 1. The first-order valence-corrected chi connectivity index (χ1v) is 14.0. The minimum absolute atomic E-state index is 0.0116. The van der Waals surface area contributed by atoms with Gasteiger partial charge in [0.25, 0.3) is 0 Å². The molecule has 6 nitrogen and oxygen atoms in total. The fourth-order valence-corrected chi connectivity index (χ4v) is 7.88. The highest BCUT2D eigenvalue weighted by Crippen LogP contribution is 2.38. The number of fused-ring (bicyclic) bond motifs is 1. The van der Waals surface area contributed by atoms with E-state index in [1.54, 1.807) is 11.3 Å². The Hall–Kier alpha value is -1.97. The number of aryl methyl sites for hydroxylation is 1. The summed E-state index contributed by atoms with van der Waals surface area (Å²) >= 11 is 3.06. The number of nitrogens with zero attached hydrogens (tertiary/aromatic N) is 3. The fourth-order valence-electron chi connectivity index (χ4n) is 4.11. The molecular weight excluding hydrogens is 450 g/mol. The van der Waals surface area contributed by atoms with E-state index in [0.717, 1.165) is 38.5 Å². The Morgan fingerprint density at radius 1 is 1.16 bits per heavy atom. The molecule has 1 aliphatic carbocycles. The second kappa shape index (κ2) is 8.18. The zero-order valence-corrected chi connectivity index (χ0v) is 19.6. The van der Waals surface area contributed by atoms with Gasteiger partial charge in [0.1, 0.15) is 15.7 Å². The summed E-state index contributed by atoms with van der Waals surface area (Å²) in [6.07, 6.45) is 2.49. The lowest BCUT2D eigenvalue weighted by molar-refractivity contribution is -0.130. The number of thioether (sulfide) groups is 1. The second-order valence-corrected chi connectivity index (χ2v) is 12.4. The van der Waals surface area contributed by atoms with Crippen molar-refractivity contribution in [1.29, 1.82) is 0 Å². The lowest BCUT2D eigenvalue weighted by Crippen LogP contribution is -2.43. The van der Waals surface area contributed by atoms with Gasteiger partial charge in [-0.3, -0.25) is 4.79 Å². The SMILES string of the molecule is Cc1nc(SCC(=O)N(C2CC2)[C@H]2CCS(=O)(=O)C2)c2cc(-c3ccccc3)sc2n1. The molecule has 1 aromatic carbocycles. The van der Waals surface area contributed by atoms with Crippen LogP contribution >= 0.6 is 23.1 Å². The van der Waals surface area contributed by atoms with Crippen LogP contribution in [0.15, 0.2) is 41.4 Å². The van der Waals surface area contributed by atoms with Gasteiger partial charge in [-0.2, -0.15) is 0 Å². The van der Waals surface area contributed by atoms with Gasteiger partial charge in [0.05, 0.1) is 17.3 Å². The smallest absolute Gasteiger partial charge is 0.233 e. The van der Waals surface area contributed by atoms with E-state index in [1.807, 2.05) is 30.0 Å². The summed E-state index contributed by atoms with van der Waals surface area (Å²) in [5.74, 6) is 1.24. The van der Waals surface area contributed by atoms with Crippen LogP contribution in [0.5, 0.6) is 0 Å². The van der Waals surface area contributed by atoms with Crippen molar-refractivity contribution in [1.82, 2.24) is 14.9 Å². The van der Waals surface area contributed by atoms with Crippen LogP contribution in [0.4, 0.5) is 0 Å². The summed E-state index contributed by atoms with van der Waals surface area (Å²) in [5, 5.41) is 1.78. The highest BCUT2D eigenvalue weighted by molar-refractivity contribution is 8.00. The highest BCUT2D eigenvalue weighted by atomic mass is 32.2. The van der Waals surface area contributed by atoms with Gasteiger partial charge in [0.2, 0.25) is 5.91 Å². The molecule has 1 saturated heterocycles. The van der Waals surface area contributed by atoms with Crippen molar-refractivity contribution in [2.24, 2.45) is 0 Å². The normalized spacial score (nSPS) is 20.2. The molecule has 0 bridgehead atoms. The Morgan fingerprint density at radius 3 is 2.61 bits per heavy atom. The topological polar surface area (TPSA) is 80.2 Å². The van der Waals surface area contributed by atoms with Gasteiger partial charge >= 0.3 is 0 Å². The first-order valence-electron chi connectivity index (χ1n) is 10.4. The molecule has 2 aliphatic rings. The van der Waals surface area contributed by atoms with Crippen LogP contribution in [0.25, 0.3) is 20.7 Å². The van der Waals surface area contributed by atoms with Gasteiger partial charge in [-0.25, -0.2) is 18.4 Å². The minimum Gasteiger partial charge on any atom is -0.335 e. The highest BCUT2D eigenvalue weighted by Gasteiger charge is 2.41. The molecule has 1 aliphatic heterocycles. The molecule has 3 heterocycles. The van der Waals surface area contributed by atoms with Crippen LogP contribution in [0.1, 0.15) is 25.1 Å². The largest absolute Gasteiger partial charge is 0.335 e. The molecule has 2 aromatic heterocycles. The second-order valence-electron chi connectivity index (χ2n) is 8.15. The van der Waals surface area contributed by atoms with E-state index < -0.39 is 9.84 Å².